The third kappa shape index (κ3) is 3.93. The van der Waals surface area contributed by atoms with Crippen LogP contribution in [0, 0.1) is 6.92 Å². The van der Waals surface area contributed by atoms with Crippen LogP contribution in [-0.4, -0.2) is 39.6 Å². The fourth-order valence-corrected chi connectivity index (χ4v) is 3.14. The predicted molar refractivity (Wildman–Crippen MR) is 75.7 cm³/mol. The van der Waals surface area contributed by atoms with E-state index in [0.717, 1.165) is 29.1 Å². The van der Waals surface area contributed by atoms with Gasteiger partial charge in [0.05, 0.1) is 13.0 Å². The van der Waals surface area contributed by atoms with Crippen molar-refractivity contribution < 1.29 is 14.7 Å². The number of carbonyl (C=O) groups excluding carboxylic acids is 1. The van der Waals surface area contributed by atoms with E-state index in [9.17, 15) is 9.59 Å². The number of urea groups is 1. The highest BCUT2D eigenvalue weighted by molar-refractivity contribution is 7.11. The molecule has 0 aliphatic carbocycles. The van der Waals surface area contributed by atoms with Crippen LogP contribution in [0.2, 0.25) is 0 Å². The molecule has 1 unspecified atom stereocenters. The fourth-order valence-electron chi connectivity index (χ4n) is 2.42. The van der Waals surface area contributed by atoms with Gasteiger partial charge in [0.1, 0.15) is 5.01 Å². The molecule has 0 saturated carbocycles. The highest BCUT2D eigenvalue weighted by Crippen LogP contribution is 2.20. The number of aryl methyl sites for hydroxylation is 1. The van der Waals surface area contributed by atoms with Gasteiger partial charge >= 0.3 is 12.0 Å². The first-order chi connectivity index (χ1) is 9.56. The molecule has 1 saturated heterocycles. The number of hydrogen-bond acceptors (Lipinski definition) is 4. The number of thiazole rings is 1. The van der Waals surface area contributed by atoms with Gasteiger partial charge in [-0.3, -0.25) is 4.79 Å². The number of aliphatic carboxylic acids is 1. The first-order valence-corrected chi connectivity index (χ1v) is 7.55. The van der Waals surface area contributed by atoms with Crippen LogP contribution in [0.15, 0.2) is 6.20 Å². The number of nitrogens with zero attached hydrogens (tertiary/aromatic N) is 2. The minimum atomic E-state index is -0.856. The van der Waals surface area contributed by atoms with Gasteiger partial charge in [0.15, 0.2) is 0 Å². The van der Waals surface area contributed by atoms with Gasteiger partial charge in [0.2, 0.25) is 0 Å². The second-order valence-corrected chi connectivity index (χ2v) is 6.28. The van der Waals surface area contributed by atoms with Crippen LogP contribution in [0.4, 0.5) is 4.79 Å². The minimum absolute atomic E-state index is 0.0176. The number of likely N-dealkylation sites (tertiary alicyclic amines) is 1. The Morgan fingerprint density at radius 2 is 2.35 bits per heavy atom. The highest BCUT2D eigenvalue weighted by atomic mass is 32.1. The molecule has 0 bridgehead atoms. The second kappa shape index (κ2) is 6.69. The van der Waals surface area contributed by atoms with Crippen molar-refractivity contribution in [3.63, 3.8) is 0 Å². The number of aromatic nitrogens is 1. The Morgan fingerprint density at radius 3 is 3.00 bits per heavy atom. The van der Waals surface area contributed by atoms with Crippen molar-refractivity contribution in [2.24, 2.45) is 0 Å². The third-order valence-electron chi connectivity index (χ3n) is 3.36. The summed E-state index contributed by atoms with van der Waals surface area (Å²) >= 11 is 1.55. The summed E-state index contributed by atoms with van der Waals surface area (Å²) in [5.74, 6) is -0.856. The van der Waals surface area contributed by atoms with Gasteiger partial charge in [-0.1, -0.05) is 0 Å². The van der Waals surface area contributed by atoms with E-state index < -0.39 is 5.97 Å². The van der Waals surface area contributed by atoms with E-state index in [4.69, 9.17) is 5.11 Å². The molecule has 2 heterocycles. The fraction of sp³-hybridized carbons (Fsp3) is 0.615. The molecule has 7 heteroatoms. The Hall–Kier alpha value is -1.63. The first-order valence-electron chi connectivity index (χ1n) is 6.74. The van der Waals surface area contributed by atoms with Gasteiger partial charge in [0, 0.05) is 23.7 Å². The van der Waals surface area contributed by atoms with Crippen LogP contribution in [0.5, 0.6) is 0 Å². The van der Waals surface area contributed by atoms with E-state index in [1.54, 1.807) is 22.4 Å². The molecule has 20 heavy (non-hydrogen) atoms. The lowest BCUT2D eigenvalue weighted by atomic mass is 10.00. The summed E-state index contributed by atoms with van der Waals surface area (Å²) in [7, 11) is 0. The zero-order valence-corrected chi connectivity index (χ0v) is 12.3. The maximum Gasteiger partial charge on any atom is 0.318 e. The molecule has 1 atom stereocenters. The van der Waals surface area contributed by atoms with Crippen LogP contribution in [0.25, 0.3) is 0 Å². The van der Waals surface area contributed by atoms with Crippen LogP contribution < -0.4 is 5.32 Å². The lowest BCUT2D eigenvalue weighted by Crippen LogP contribution is -2.49. The van der Waals surface area contributed by atoms with Crippen molar-refractivity contribution in [1.29, 1.82) is 0 Å². The van der Waals surface area contributed by atoms with Gasteiger partial charge in [0.25, 0.3) is 0 Å². The summed E-state index contributed by atoms with van der Waals surface area (Å²) in [6, 6.07) is -0.386. The van der Waals surface area contributed by atoms with Crippen molar-refractivity contribution in [3.8, 4) is 0 Å². The quantitative estimate of drug-likeness (QED) is 0.890. The minimum Gasteiger partial charge on any atom is -0.481 e. The SMILES string of the molecule is Cc1cnc(CNC(=O)N2CCCCC2CC(=O)O)s1. The topological polar surface area (TPSA) is 82.5 Å². The Kier molecular flexibility index (Phi) is 4.94. The molecular formula is C13H19N3O3S. The normalized spacial score (nSPS) is 18.9. The van der Waals surface area contributed by atoms with Gasteiger partial charge < -0.3 is 15.3 Å². The summed E-state index contributed by atoms with van der Waals surface area (Å²) < 4.78 is 0. The lowest BCUT2D eigenvalue weighted by Gasteiger charge is -2.34. The van der Waals surface area contributed by atoms with Crippen molar-refractivity contribution in [2.45, 2.75) is 45.2 Å². The average Bonchev–Trinajstić information content (AvgIpc) is 2.82. The average molecular weight is 297 g/mol. The van der Waals surface area contributed by atoms with E-state index in [2.05, 4.69) is 10.3 Å². The molecule has 2 N–H and O–H groups in total. The molecule has 1 aromatic heterocycles. The van der Waals surface area contributed by atoms with Crippen LogP contribution in [-0.2, 0) is 11.3 Å². The summed E-state index contributed by atoms with van der Waals surface area (Å²) in [6.07, 6.45) is 4.47. The highest BCUT2D eigenvalue weighted by Gasteiger charge is 2.28. The third-order valence-corrected chi connectivity index (χ3v) is 4.27. The number of carboxylic acid groups (broad SMARTS) is 1. The van der Waals surface area contributed by atoms with Gasteiger partial charge in [-0.2, -0.15) is 0 Å². The standard InChI is InChI=1S/C13H19N3O3S/c1-9-7-14-11(20-9)8-15-13(19)16-5-3-2-4-10(16)6-12(17)18/h7,10H,2-6,8H2,1H3,(H,15,19)(H,17,18). The maximum absolute atomic E-state index is 12.2. The molecule has 1 aliphatic rings. The molecule has 2 amide bonds. The molecule has 1 aromatic rings. The molecule has 6 nitrogen and oxygen atoms in total. The largest absolute Gasteiger partial charge is 0.481 e. The van der Waals surface area contributed by atoms with Crippen molar-refractivity contribution in [1.82, 2.24) is 15.2 Å². The van der Waals surface area contributed by atoms with Crippen LogP contribution in [0.1, 0.15) is 35.6 Å². The molecule has 2 rings (SSSR count). The molecule has 0 spiro atoms. The zero-order valence-electron chi connectivity index (χ0n) is 11.5. The predicted octanol–water partition coefficient (Wildman–Crippen LogP) is 1.99. The summed E-state index contributed by atoms with van der Waals surface area (Å²) in [4.78, 5) is 30.0. The molecule has 110 valence electrons. The van der Waals surface area contributed by atoms with E-state index in [0.29, 0.717) is 13.1 Å². The van der Waals surface area contributed by atoms with E-state index >= 15 is 0 Å². The van der Waals surface area contributed by atoms with Crippen molar-refractivity contribution in [2.75, 3.05) is 6.54 Å². The first kappa shape index (κ1) is 14.8. The molecule has 1 fully saturated rings. The van der Waals surface area contributed by atoms with Crippen LogP contribution in [0.3, 0.4) is 0 Å². The maximum atomic E-state index is 12.2. The molecular weight excluding hydrogens is 278 g/mol. The van der Waals surface area contributed by atoms with Gasteiger partial charge in [-0.05, 0) is 26.2 Å². The van der Waals surface area contributed by atoms with Crippen LogP contribution >= 0.6 is 11.3 Å². The smallest absolute Gasteiger partial charge is 0.318 e. The Labute approximate surface area is 121 Å². The Balaban J connectivity index is 1.90. The Bertz CT molecular complexity index is 489. The number of rotatable bonds is 4. The molecule has 1 aliphatic heterocycles. The van der Waals surface area contributed by atoms with E-state index in [1.165, 1.54) is 0 Å². The van der Waals surface area contributed by atoms with E-state index in [1.807, 2.05) is 6.92 Å². The monoisotopic (exact) mass is 297 g/mol. The molecule has 0 radical (unpaired) electrons. The number of carbonyl (C=O) groups is 2. The van der Waals surface area contributed by atoms with E-state index in [-0.39, 0.29) is 18.5 Å². The number of carboxylic acids is 1. The lowest BCUT2D eigenvalue weighted by molar-refractivity contribution is -0.138. The summed E-state index contributed by atoms with van der Waals surface area (Å²) in [6.45, 7) is 2.99. The summed E-state index contributed by atoms with van der Waals surface area (Å²) in [5, 5.41) is 12.6. The zero-order chi connectivity index (χ0) is 14.5. The molecule has 0 aromatic carbocycles. The van der Waals surface area contributed by atoms with Gasteiger partial charge in [-0.25, -0.2) is 9.78 Å². The summed E-state index contributed by atoms with van der Waals surface area (Å²) in [5.41, 5.74) is 0. The number of piperidine rings is 1. The van der Waals surface area contributed by atoms with Crippen molar-refractivity contribution >= 4 is 23.3 Å². The second-order valence-electron chi connectivity index (χ2n) is 4.96. The van der Waals surface area contributed by atoms with Gasteiger partial charge in [-0.15, -0.1) is 11.3 Å². The number of nitrogens with one attached hydrogen (secondary N) is 1. The number of hydrogen-bond donors (Lipinski definition) is 2. The number of amides is 2. The van der Waals surface area contributed by atoms with Crippen molar-refractivity contribution in [3.05, 3.63) is 16.1 Å². The Morgan fingerprint density at radius 1 is 1.55 bits per heavy atom.